The van der Waals surface area contributed by atoms with Gasteiger partial charge in [0.15, 0.2) is 0 Å². The number of ether oxygens (including phenoxy) is 1. The van der Waals surface area contributed by atoms with Gasteiger partial charge in [-0.15, -0.1) is 0 Å². The second kappa shape index (κ2) is 5.89. The van der Waals surface area contributed by atoms with Crippen molar-refractivity contribution in [2.45, 2.75) is 45.1 Å². The first-order chi connectivity index (χ1) is 8.67. The van der Waals surface area contributed by atoms with Crippen molar-refractivity contribution < 1.29 is 9.94 Å². The van der Waals surface area contributed by atoms with Crippen molar-refractivity contribution in [2.75, 3.05) is 26.2 Å². The highest BCUT2D eigenvalue weighted by Crippen LogP contribution is 2.49. The highest BCUT2D eigenvalue weighted by molar-refractivity contribution is 5.80. The van der Waals surface area contributed by atoms with Crippen LogP contribution in [-0.2, 0) is 4.74 Å². The van der Waals surface area contributed by atoms with Gasteiger partial charge < -0.3 is 20.6 Å². The van der Waals surface area contributed by atoms with E-state index in [9.17, 15) is 0 Å². The Balaban J connectivity index is 1.81. The summed E-state index contributed by atoms with van der Waals surface area (Å²) in [7, 11) is 0. The van der Waals surface area contributed by atoms with Gasteiger partial charge >= 0.3 is 0 Å². The predicted octanol–water partition coefficient (Wildman–Crippen LogP) is 1.40. The molecule has 0 aromatic heterocycles. The van der Waals surface area contributed by atoms with E-state index < -0.39 is 0 Å². The SMILES string of the molecule is CCN(CC1CCCO1)CC1(CC(N)=NO)CC1. The average molecular weight is 255 g/mol. The molecule has 1 heterocycles. The summed E-state index contributed by atoms with van der Waals surface area (Å²) < 4.78 is 5.69. The lowest BCUT2D eigenvalue weighted by Crippen LogP contribution is -2.37. The fraction of sp³-hybridized carbons (Fsp3) is 0.923. The molecule has 1 unspecified atom stereocenters. The van der Waals surface area contributed by atoms with Crippen molar-refractivity contribution >= 4 is 5.84 Å². The lowest BCUT2D eigenvalue weighted by molar-refractivity contribution is 0.0680. The van der Waals surface area contributed by atoms with E-state index in [1.807, 2.05) is 0 Å². The van der Waals surface area contributed by atoms with Crippen LogP contribution in [0.1, 0.15) is 39.0 Å². The van der Waals surface area contributed by atoms with Crippen molar-refractivity contribution in [2.24, 2.45) is 16.3 Å². The van der Waals surface area contributed by atoms with Gasteiger partial charge in [-0.2, -0.15) is 0 Å². The number of amidine groups is 1. The van der Waals surface area contributed by atoms with Crippen LogP contribution >= 0.6 is 0 Å². The second-order valence-electron chi connectivity index (χ2n) is 5.73. The minimum atomic E-state index is 0.255. The molecule has 0 aromatic carbocycles. The highest BCUT2D eigenvalue weighted by atomic mass is 16.5. The van der Waals surface area contributed by atoms with Gasteiger partial charge in [-0.25, -0.2) is 0 Å². The van der Waals surface area contributed by atoms with Crippen molar-refractivity contribution in [1.82, 2.24) is 4.90 Å². The molecule has 5 heteroatoms. The molecule has 18 heavy (non-hydrogen) atoms. The van der Waals surface area contributed by atoms with Crippen LogP contribution < -0.4 is 5.73 Å². The number of rotatable bonds is 7. The monoisotopic (exact) mass is 255 g/mol. The quantitative estimate of drug-likeness (QED) is 0.312. The molecular weight excluding hydrogens is 230 g/mol. The van der Waals surface area contributed by atoms with Gasteiger partial charge in [0, 0.05) is 26.1 Å². The third-order valence-corrected chi connectivity index (χ3v) is 4.13. The Kier molecular flexibility index (Phi) is 4.45. The Morgan fingerprint density at radius 1 is 1.56 bits per heavy atom. The number of oxime groups is 1. The fourth-order valence-corrected chi connectivity index (χ4v) is 2.84. The van der Waals surface area contributed by atoms with Crippen LogP contribution in [0.25, 0.3) is 0 Å². The maximum Gasteiger partial charge on any atom is 0.139 e. The van der Waals surface area contributed by atoms with Crippen molar-refractivity contribution in [1.29, 1.82) is 0 Å². The van der Waals surface area contributed by atoms with Gasteiger partial charge in [0.25, 0.3) is 0 Å². The predicted molar refractivity (Wildman–Crippen MR) is 70.8 cm³/mol. The average Bonchev–Trinajstić information content (AvgIpc) is 2.91. The zero-order valence-corrected chi connectivity index (χ0v) is 11.3. The summed E-state index contributed by atoms with van der Waals surface area (Å²) in [5.41, 5.74) is 5.89. The third kappa shape index (κ3) is 3.59. The first kappa shape index (κ1) is 13.6. The topological polar surface area (TPSA) is 71.1 Å². The standard InChI is InChI=1S/C13H25N3O2/c1-2-16(9-11-4-3-7-18-11)10-13(5-6-13)8-12(14)15-17/h11,17H,2-10H2,1H3,(H2,14,15). The first-order valence-corrected chi connectivity index (χ1v) is 6.98. The van der Waals surface area contributed by atoms with E-state index in [1.165, 1.54) is 25.7 Å². The van der Waals surface area contributed by atoms with Crippen LogP contribution in [0.2, 0.25) is 0 Å². The number of hydrogen-bond acceptors (Lipinski definition) is 4. The van der Waals surface area contributed by atoms with Gasteiger partial charge in [-0.1, -0.05) is 12.1 Å². The van der Waals surface area contributed by atoms with E-state index in [0.717, 1.165) is 26.2 Å². The molecule has 104 valence electrons. The summed E-state index contributed by atoms with van der Waals surface area (Å²) in [6.45, 7) is 6.21. The molecule has 3 N–H and O–H groups in total. The molecule has 2 fully saturated rings. The Morgan fingerprint density at radius 2 is 2.33 bits per heavy atom. The zero-order chi connectivity index (χ0) is 13.0. The molecule has 0 radical (unpaired) electrons. The van der Waals surface area contributed by atoms with E-state index in [4.69, 9.17) is 15.7 Å². The normalized spacial score (nSPS) is 26.8. The van der Waals surface area contributed by atoms with E-state index in [2.05, 4.69) is 17.0 Å². The van der Waals surface area contributed by atoms with E-state index in [-0.39, 0.29) is 5.41 Å². The summed E-state index contributed by atoms with van der Waals surface area (Å²) in [5, 5.41) is 11.8. The summed E-state index contributed by atoms with van der Waals surface area (Å²) in [5.74, 6) is 0.362. The van der Waals surface area contributed by atoms with Crippen LogP contribution in [0, 0.1) is 5.41 Å². The van der Waals surface area contributed by atoms with Gasteiger partial charge in [0.1, 0.15) is 5.84 Å². The Hall–Kier alpha value is -0.810. The second-order valence-corrected chi connectivity index (χ2v) is 5.73. The fourth-order valence-electron chi connectivity index (χ4n) is 2.84. The summed E-state index contributed by atoms with van der Waals surface area (Å²) >= 11 is 0. The molecule has 5 nitrogen and oxygen atoms in total. The van der Waals surface area contributed by atoms with Gasteiger partial charge in [-0.05, 0) is 37.6 Å². The smallest absolute Gasteiger partial charge is 0.139 e. The van der Waals surface area contributed by atoms with Crippen LogP contribution in [0.3, 0.4) is 0 Å². The first-order valence-electron chi connectivity index (χ1n) is 6.98. The van der Waals surface area contributed by atoms with Gasteiger partial charge in [-0.3, -0.25) is 0 Å². The Morgan fingerprint density at radius 3 is 2.83 bits per heavy atom. The highest BCUT2D eigenvalue weighted by Gasteiger charge is 2.44. The molecule has 2 aliphatic rings. The maximum absolute atomic E-state index is 8.68. The van der Waals surface area contributed by atoms with Crippen molar-refractivity contribution in [3.05, 3.63) is 0 Å². The number of nitrogens with zero attached hydrogens (tertiary/aromatic N) is 2. The summed E-state index contributed by atoms with van der Waals surface area (Å²) in [6.07, 6.45) is 5.87. The third-order valence-electron chi connectivity index (χ3n) is 4.13. The molecule has 0 amide bonds. The number of hydrogen-bond donors (Lipinski definition) is 2. The van der Waals surface area contributed by atoms with E-state index >= 15 is 0 Å². The largest absolute Gasteiger partial charge is 0.409 e. The molecule has 2 rings (SSSR count). The van der Waals surface area contributed by atoms with E-state index in [1.54, 1.807) is 0 Å². The van der Waals surface area contributed by atoms with Gasteiger partial charge in [0.05, 0.1) is 6.10 Å². The lowest BCUT2D eigenvalue weighted by atomic mass is 10.0. The molecule has 1 saturated heterocycles. The van der Waals surface area contributed by atoms with Crippen molar-refractivity contribution in [3.8, 4) is 0 Å². The molecule has 1 aliphatic heterocycles. The Bertz CT molecular complexity index is 297. The minimum Gasteiger partial charge on any atom is -0.409 e. The molecule has 1 atom stereocenters. The molecule has 1 aliphatic carbocycles. The van der Waals surface area contributed by atoms with E-state index in [0.29, 0.717) is 18.4 Å². The molecule has 1 saturated carbocycles. The number of likely N-dealkylation sites (N-methyl/N-ethyl adjacent to an activating group) is 1. The van der Waals surface area contributed by atoms with Crippen LogP contribution in [0.4, 0.5) is 0 Å². The molecular formula is C13H25N3O2. The van der Waals surface area contributed by atoms with Crippen LogP contribution in [0.5, 0.6) is 0 Å². The molecule has 0 spiro atoms. The molecule has 0 bridgehead atoms. The minimum absolute atomic E-state index is 0.255. The zero-order valence-electron chi connectivity index (χ0n) is 11.3. The molecule has 0 aromatic rings. The van der Waals surface area contributed by atoms with Gasteiger partial charge in [0.2, 0.25) is 0 Å². The van der Waals surface area contributed by atoms with Crippen molar-refractivity contribution in [3.63, 3.8) is 0 Å². The van der Waals surface area contributed by atoms with Crippen LogP contribution in [-0.4, -0.2) is 48.3 Å². The Labute approximate surface area is 109 Å². The van der Waals surface area contributed by atoms with Crippen LogP contribution in [0.15, 0.2) is 5.16 Å². The summed E-state index contributed by atoms with van der Waals surface area (Å²) in [6, 6.07) is 0. The summed E-state index contributed by atoms with van der Waals surface area (Å²) in [4.78, 5) is 2.45. The maximum atomic E-state index is 8.68. The lowest BCUT2D eigenvalue weighted by Gasteiger charge is -2.28. The number of nitrogens with two attached hydrogens (primary N) is 1.